The van der Waals surface area contributed by atoms with Crippen LogP contribution in [0.3, 0.4) is 0 Å². The molecule has 4 nitrogen and oxygen atoms in total. The van der Waals surface area contributed by atoms with Crippen molar-refractivity contribution in [1.29, 1.82) is 0 Å². The van der Waals surface area contributed by atoms with Crippen molar-refractivity contribution in [2.45, 2.75) is 6.92 Å². The summed E-state index contributed by atoms with van der Waals surface area (Å²) in [7, 11) is 0. The highest BCUT2D eigenvalue weighted by atomic mass is 35.5. The maximum Gasteiger partial charge on any atom is 0.240 e. The van der Waals surface area contributed by atoms with E-state index in [0.29, 0.717) is 16.8 Å². The Labute approximate surface area is 85.9 Å². The molecular formula is C9H8ClN3O. The number of nitrogens with one attached hydrogen (secondary N) is 1. The molecule has 0 bridgehead atoms. The molecule has 0 fully saturated rings. The van der Waals surface area contributed by atoms with Gasteiger partial charge in [-0.2, -0.15) is 0 Å². The third-order valence-electron chi connectivity index (χ3n) is 1.59. The summed E-state index contributed by atoms with van der Waals surface area (Å²) in [6, 6.07) is 5.19. The molecule has 1 N–H and O–H groups in total. The van der Waals surface area contributed by atoms with Gasteiger partial charge in [0.25, 0.3) is 0 Å². The monoisotopic (exact) mass is 209 g/mol. The highest BCUT2D eigenvalue weighted by Crippen LogP contribution is 2.18. The van der Waals surface area contributed by atoms with E-state index < -0.39 is 0 Å². The fourth-order valence-electron chi connectivity index (χ4n) is 0.975. The van der Waals surface area contributed by atoms with E-state index in [1.165, 1.54) is 6.20 Å². The standard InChI is InChI=1S/C9H8ClN3O/c1-6-4-9(13-12-6)14-8-3-2-7(10)5-11-8/h2-5H,1H3,(H,12,13). The van der Waals surface area contributed by atoms with E-state index in [2.05, 4.69) is 15.2 Å². The number of H-pyrrole nitrogens is 1. The molecule has 0 unspecified atom stereocenters. The Morgan fingerprint density at radius 3 is 2.79 bits per heavy atom. The maximum atomic E-state index is 5.68. The molecule has 0 saturated heterocycles. The molecule has 0 radical (unpaired) electrons. The Kier molecular flexibility index (Phi) is 2.37. The van der Waals surface area contributed by atoms with Crippen molar-refractivity contribution < 1.29 is 4.74 Å². The van der Waals surface area contributed by atoms with Gasteiger partial charge in [0.05, 0.1) is 5.02 Å². The number of rotatable bonds is 2. The van der Waals surface area contributed by atoms with Gasteiger partial charge in [0.15, 0.2) is 0 Å². The van der Waals surface area contributed by atoms with E-state index in [1.54, 1.807) is 18.2 Å². The van der Waals surface area contributed by atoms with E-state index in [1.807, 2.05) is 6.92 Å². The van der Waals surface area contributed by atoms with Crippen molar-refractivity contribution in [3.63, 3.8) is 0 Å². The Hall–Kier alpha value is -1.55. The van der Waals surface area contributed by atoms with Crippen molar-refractivity contribution in [2.75, 3.05) is 0 Å². The molecule has 0 aliphatic carbocycles. The summed E-state index contributed by atoms with van der Waals surface area (Å²) in [5.74, 6) is 0.971. The summed E-state index contributed by atoms with van der Waals surface area (Å²) in [5, 5.41) is 7.26. The smallest absolute Gasteiger partial charge is 0.240 e. The lowest BCUT2D eigenvalue weighted by molar-refractivity contribution is 0.443. The lowest BCUT2D eigenvalue weighted by Gasteiger charge is -1.99. The topological polar surface area (TPSA) is 50.8 Å². The highest BCUT2D eigenvalue weighted by Gasteiger charge is 2.01. The summed E-state index contributed by atoms with van der Waals surface area (Å²) in [5.41, 5.74) is 0.939. The molecular weight excluding hydrogens is 202 g/mol. The van der Waals surface area contributed by atoms with Crippen molar-refractivity contribution in [3.8, 4) is 11.8 Å². The van der Waals surface area contributed by atoms with Gasteiger partial charge in [-0.1, -0.05) is 11.6 Å². The fourth-order valence-corrected chi connectivity index (χ4v) is 1.09. The van der Waals surface area contributed by atoms with Gasteiger partial charge >= 0.3 is 0 Å². The molecule has 0 saturated carbocycles. The van der Waals surface area contributed by atoms with Crippen LogP contribution >= 0.6 is 11.6 Å². The minimum absolute atomic E-state index is 0.473. The van der Waals surface area contributed by atoms with Crippen molar-refractivity contribution in [1.82, 2.24) is 15.2 Å². The maximum absolute atomic E-state index is 5.68. The molecule has 2 aromatic rings. The summed E-state index contributed by atoms with van der Waals surface area (Å²) >= 11 is 5.68. The number of aryl methyl sites for hydroxylation is 1. The van der Waals surface area contributed by atoms with Crippen molar-refractivity contribution in [3.05, 3.63) is 35.1 Å². The number of hydrogen-bond acceptors (Lipinski definition) is 3. The lowest BCUT2D eigenvalue weighted by atomic mass is 10.5. The molecule has 0 amide bonds. The van der Waals surface area contributed by atoms with Crippen LogP contribution in [0.4, 0.5) is 0 Å². The van der Waals surface area contributed by atoms with Gasteiger partial charge in [-0.25, -0.2) is 4.98 Å². The minimum atomic E-state index is 0.473. The Bertz CT molecular complexity index is 424. The summed E-state index contributed by atoms with van der Waals surface area (Å²) in [6.45, 7) is 1.90. The molecule has 0 aliphatic heterocycles. The Morgan fingerprint density at radius 1 is 1.36 bits per heavy atom. The van der Waals surface area contributed by atoms with E-state index >= 15 is 0 Å². The van der Waals surface area contributed by atoms with Crippen LogP contribution in [0.25, 0.3) is 0 Å². The Balaban J connectivity index is 2.15. The van der Waals surface area contributed by atoms with Crippen LogP contribution in [-0.2, 0) is 0 Å². The number of halogens is 1. The first-order valence-electron chi connectivity index (χ1n) is 4.05. The average molecular weight is 210 g/mol. The first-order chi connectivity index (χ1) is 6.74. The molecule has 5 heteroatoms. The first kappa shape index (κ1) is 9.02. The van der Waals surface area contributed by atoms with Gasteiger partial charge in [-0.05, 0) is 13.0 Å². The molecule has 0 aromatic carbocycles. The molecule has 0 spiro atoms. The zero-order chi connectivity index (χ0) is 9.97. The van der Waals surface area contributed by atoms with Crippen molar-refractivity contribution in [2.24, 2.45) is 0 Å². The van der Waals surface area contributed by atoms with E-state index in [9.17, 15) is 0 Å². The van der Waals surface area contributed by atoms with Crippen LogP contribution in [0.1, 0.15) is 5.69 Å². The highest BCUT2D eigenvalue weighted by molar-refractivity contribution is 6.30. The average Bonchev–Trinajstić information content (AvgIpc) is 2.56. The van der Waals surface area contributed by atoms with E-state index in [0.717, 1.165) is 5.69 Å². The number of hydrogen-bond donors (Lipinski definition) is 1. The quantitative estimate of drug-likeness (QED) is 0.827. The van der Waals surface area contributed by atoms with Gasteiger partial charge in [0.1, 0.15) is 0 Å². The predicted octanol–water partition coefficient (Wildman–Crippen LogP) is 2.56. The number of ether oxygens (including phenoxy) is 1. The number of aromatic amines is 1. The largest absolute Gasteiger partial charge is 0.419 e. The third kappa shape index (κ3) is 2.03. The predicted molar refractivity (Wildman–Crippen MR) is 52.6 cm³/mol. The number of nitrogens with zero attached hydrogens (tertiary/aromatic N) is 2. The summed E-state index contributed by atoms with van der Waals surface area (Å²) in [4.78, 5) is 3.97. The van der Waals surface area contributed by atoms with Crippen LogP contribution in [0.2, 0.25) is 5.02 Å². The summed E-state index contributed by atoms with van der Waals surface area (Å²) < 4.78 is 5.34. The number of pyridine rings is 1. The molecule has 0 aliphatic rings. The van der Waals surface area contributed by atoms with Crippen LogP contribution in [0, 0.1) is 6.92 Å². The summed E-state index contributed by atoms with van der Waals surface area (Å²) in [6.07, 6.45) is 1.52. The van der Waals surface area contributed by atoms with Crippen LogP contribution < -0.4 is 4.74 Å². The lowest BCUT2D eigenvalue weighted by Crippen LogP contribution is -1.86. The zero-order valence-electron chi connectivity index (χ0n) is 7.49. The molecule has 2 aromatic heterocycles. The van der Waals surface area contributed by atoms with E-state index in [-0.39, 0.29) is 0 Å². The SMILES string of the molecule is Cc1cc(Oc2ccc(Cl)cn2)n[nH]1. The van der Waals surface area contributed by atoms with Crippen molar-refractivity contribution >= 4 is 11.6 Å². The van der Waals surface area contributed by atoms with Gasteiger partial charge in [-0.3, -0.25) is 5.10 Å². The van der Waals surface area contributed by atoms with Crippen LogP contribution in [0.5, 0.6) is 11.8 Å². The van der Waals surface area contributed by atoms with Crippen LogP contribution in [-0.4, -0.2) is 15.2 Å². The zero-order valence-corrected chi connectivity index (χ0v) is 8.25. The third-order valence-corrected chi connectivity index (χ3v) is 1.82. The number of aromatic nitrogens is 3. The second-order valence-electron chi connectivity index (χ2n) is 2.81. The molecule has 2 heterocycles. The van der Waals surface area contributed by atoms with Gasteiger partial charge in [0, 0.05) is 24.0 Å². The molecule has 0 atom stereocenters. The molecule has 72 valence electrons. The molecule has 2 rings (SSSR count). The second kappa shape index (κ2) is 3.67. The van der Waals surface area contributed by atoms with E-state index in [4.69, 9.17) is 16.3 Å². The fraction of sp³-hybridized carbons (Fsp3) is 0.111. The van der Waals surface area contributed by atoms with Gasteiger partial charge in [-0.15, -0.1) is 5.10 Å². The first-order valence-corrected chi connectivity index (χ1v) is 4.43. The molecule has 14 heavy (non-hydrogen) atoms. The van der Waals surface area contributed by atoms with Gasteiger partial charge in [0.2, 0.25) is 11.8 Å². The Morgan fingerprint density at radius 2 is 2.21 bits per heavy atom. The van der Waals surface area contributed by atoms with Gasteiger partial charge < -0.3 is 4.74 Å². The normalized spacial score (nSPS) is 10.1. The van der Waals surface area contributed by atoms with Crippen LogP contribution in [0.15, 0.2) is 24.4 Å². The minimum Gasteiger partial charge on any atom is -0.419 e. The second-order valence-corrected chi connectivity index (χ2v) is 3.24.